The van der Waals surface area contributed by atoms with Crippen LogP contribution in [0.4, 0.5) is 0 Å². The SMILES string of the molecule is CCN(CCCN(C)C)S(=O)(=O)c1cc(-c2nn(C)c(=NC3CCCCC3)s2)cc(-c2ccc(Cl)c(S(=O)(=O)N(CC)C(C)CN(C)C)c2)c1Cl. The molecule has 51 heavy (non-hydrogen) atoms. The molecule has 1 atom stereocenters. The van der Waals surface area contributed by atoms with Gasteiger partial charge in [0.25, 0.3) is 0 Å². The van der Waals surface area contributed by atoms with Crippen LogP contribution < -0.4 is 4.80 Å². The molecule has 0 radical (unpaired) electrons. The van der Waals surface area contributed by atoms with Gasteiger partial charge in [-0.2, -0.15) is 13.7 Å². The number of hydrogen-bond donors (Lipinski definition) is 0. The maximum Gasteiger partial charge on any atom is 0.244 e. The normalized spacial score (nSPS) is 15.9. The molecule has 0 amide bonds. The van der Waals surface area contributed by atoms with E-state index in [0.29, 0.717) is 41.2 Å². The van der Waals surface area contributed by atoms with E-state index in [1.165, 1.54) is 38.5 Å². The van der Waals surface area contributed by atoms with E-state index >= 15 is 0 Å². The zero-order chi connectivity index (χ0) is 37.7. The van der Waals surface area contributed by atoms with Gasteiger partial charge < -0.3 is 9.80 Å². The average molecular weight is 803 g/mol. The molecule has 284 valence electrons. The maximum atomic E-state index is 14.4. The Balaban J connectivity index is 1.92. The van der Waals surface area contributed by atoms with Crippen LogP contribution in [0.15, 0.2) is 45.1 Å². The van der Waals surface area contributed by atoms with Crippen LogP contribution in [0.25, 0.3) is 21.7 Å². The molecule has 1 heterocycles. The van der Waals surface area contributed by atoms with Gasteiger partial charge in [-0.3, -0.25) is 4.99 Å². The molecule has 1 aliphatic rings. The van der Waals surface area contributed by atoms with Crippen LogP contribution in [0, 0.1) is 0 Å². The largest absolute Gasteiger partial charge is 0.309 e. The third-order valence-electron chi connectivity index (χ3n) is 9.10. The first-order chi connectivity index (χ1) is 24.0. The zero-order valence-electron chi connectivity index (χ0n) is 31.1. The van der Waals surface area contributed by atoms with Gasteiger partial charge in [0.05, 0.1) is 16.1 Å². The van der Waals surface area contributed by atoms with E-state index < -0.39 is 20.0 Å². The number of halogens is 2. The van der Waals surface area contributed by atoms with Crippen LogP contribution in [0.5, 0.6) is 0 Å². The predicted octanol–water partition coefficient (Wildman–Crippen LogP) is 6.28. The van der Waals surface area contributed by atoms with Gasteiger partial charge in [-0.05, 0) is 90.8 Å². The monoisotopic (exact) mass is 801 g/mol. The Hall–Kier alpha value is -1.88. The molecular formula is C35H53Cl2N7O4S3. The van der Waals surface area contributed by atoms with E-state index in [0.717, 1.165) is 37.0 Å². The van der Waals surface area contributed by atoms with Gasteiger partial charge in [0.2, 0.25) is 24.8 Å². The molecule has 1 aliphatic carbocycles. The number of likely N-dealkylation sites (N-methyl/N-ethyl adjacent to an activating group) is 2. The first kappa shape index (κ1) is 41.9. The summed E-state index contributed by atoms with van der Waals surface area (Å²) in [5.74, 6) is 0. The van der Waals surface area contributed by atoms with Crippen molar-refractivity contribution in [1.29, 1.82) is 0 Å². The molecule has 11 nitrogen and oxygen atoms in total. The molecule has 1 fully saturated rings. The van der Waals surface area contributed by atoms with Gasteiger partial charge in [-0.25, -0.2) is 21.5 Å². The molecule has 0 saturated heterocycles. The second-order valence-corrected chi connectivity index (χ2v) is 19.2. The van der Waals surface area contributed by atoms with E-state index in [1.807, 2.05) is 52.0 Å². The van der Waals surface area contributed by atoms with Gasteiger partial charge >= 0.3 is 0 Å². The van der Waals surface area contributed by atoms with Crippen molar-refractivity contribution in [3.63, 3.8) is 0 Å². The van der Waals surface area contributed by atoms with Crippen LogP contribution in [0.2, 0.25) is 10.0 Å². The Morgan fingerprint density at radius 1 is 0.902 bits per heavy atom. The minimum absolute atomic E-state index is 0.00292. The highest BCUT2D eigenvalue weighted by atomic mass is 35.5. The Morgan fingerprint density at radius 2 is 1.57 bits per heavy atom. The summed E-state index contributed by atoms with van der Waals surface area (Å²) in [7, 11) is 1.39. The number of benzene rings is 2. The van der Waals surface area contributed by atoms with Gasteiger partial charge in [-0.15, -0.1) is 0 Å². The highest BCUT2D eigenvalue weighted by molar-refractivity contribution is 7.89. The molecule has 0 bridgehead atoms. The molecular weight excluding hydrogens is 750 g/mol. The van der Waals surface area contributed by atoms with Crippen molar-refractivity contribution >= 4 is 54.6 Å². The van der Waals surface area contributed by atoms with Crippen molar-refractivity contribution in [3.8, 4) is 21.7 Å². The fraction of sp³-hybridized carbons (Fsp3) is 0.600. The number of sulfonamides is 2. The van der Waals surface area contributed by atoms with Crippen molar-refractivity contribution in [1.82, 2.24) is 28.2 Å². The molecule has 16 heteroatoms. The van der Waals surface area contributed by atoms with Crippen LogP contribution in [-0.4, -0.2) is 118 Å². The molecule has 1 unspecified atom stereocenters. The van der Waals surface area contributed by atoms with E-state index in [2.05, 4.69) is 0 Å². The van der Waals surface area contributed by atoms with Crippen molar-refractivity contribution in [2.24, 2.45) is 12.0 Å². The quantitative estimate of drug-likeness (QED) is 0.168. The number of hydrogen-bond acceptors (Lipinski definition) is 9. The van der Waals surface area contributed by atoms with E-state index in [9.17, 15) is 16.8 Å². The molecule has 0 spiro atoms. The lowest BCUT2D eigenvalue weighted by Crippen LogP contribution is -2.43. The van der Waals surface area contributed by atoms with E-state index in [1.54, 1.807) is 36.7 Å². The van der Waals surface area contributed by atoms with Crippen LogP contribution in [0.1, 0.15) is 59.3 Å². The lowest BCUT2D eigenvalue weighted by atomic mass is 9.96. The second kappa shape index (κ2) is 18.0. The molecule has 1 saturated carbocycles. The summed E-state index contributed by atoms with van der Waals surface area (Å²) in [4.78, 5) is 9.55. The second-order valence-electron chi connectivity index (χ2n) is 13.7. The molecule has 0 aliphatic heterocycles. The summed E-state index contributed by atoms with van der Waals surface area (Å²) in [6, 6.07) is 7.94. The molecule has 1 aromatic heterocycles. The summed E-state index contributed by atoms with van der Waals surface area (Å²) in [6.07, 6.45) is 6.23. The summed E-state index contributed by atoms with van der Waals surface area (Å²) >= 11 is 15.1. The minimum Gasteiger partial charge on any atom is -0.309 e. The van der Waals surface area contributed by atoms with E-state index in [4.69, 9.17) is 33.3 Å². The van der Waals surface area contributed by atoms with Crippen LogP contribution >= 0.6 is 34.5 Å². The molecule has 2 aromatic carbocycles. The summed E-state index contributed by atoms with van der Waals surface area (Å²) in [6.45, 7) is 7.50. The topological polar surface area (TPSA) is 111 Å². The van der Waals surface area contributed by atoms with Gasteiger partial charge in [0, 0.05) is 50.4 Å². The van der Waals surface area contributed by atoms with Crippen LogP contribution in [0.3, 0.4) is 0 Å². The fourth-order valence-corrected chi connectivity index (χ4v) is 11.7. The van der Waals surface area contributed by atoms with Crippen LogP contribution in [-0.2, 0) is 27.1 Å². The predicted molar refractivity (Wildman–Crippen MR) is 210 cm³/mol. The highest BCUT2D eigenvalue weighted by Gasteiger charge is 2.32. The maximum absolute atomic E-state index is 14.4. The van der Waals surface area contributed by atoms with Gasteiger partial charge in [0.1, 0.15) is 14.8 Å². The first-order valence-corrected chi connectivity index (χ1v) is 22.0. The van der Waals surface area contributed by atoms with Gasteiger partial charge in [-0.1, -0.05) is 73.7 Å². The van der Waals surface area contributed by atoms with Crippen molar-refractivity contribution < 1.29 is 16.8 Å². The first-order valence-electron chi connectivity index (χ1n) is 17.5. The summed E-state index contributed by atoms with van der Waals surface area (Å²) in [5, 5.41) is 5.41. The molecule has 4 rings (SSSR count). The Morgan fingerprint density at radius 3 is 2.18 bits per heavy atom. The third-order valence-corrected chi connectivity index (χ3v) is 15.3. The Labute approximate surface area is 319 Å². The number of aromatic nitrogens is 2. The minimum atomic E-state index is -4.08. The highest BCUT2D eigenvalue weighted by Crippen LogP contribution is 2.41. The fourth-order valence-electron chi connectivity index (χ4n) is 6.55. The lowest BCUT2D eigenvalue weighted by Gasteiger charge is -2.29. The Kier molecular flexibility index (Phi) is 14.7. The molecule has 0 N–H and O–H groups in total. The average Bonchev–Trinajstić information content (AvgIpc) is 3.42. The Bertz CT molecular complexity index is 1940. The standard InChI is InChI=1S/C35H53Cl2N7O4S3/c1-9-43(20-14-19-40(4)5)50(45,46)32-23-27(34-39-42(8)35(49-34)38-28-15-12-11-13-16-28)21-29(33(32)37)26-17-18-30(36)31(22-26)51(47,48)44(10-2)25(3)24-41(6)7/h17-18,21-23,25,28H,9-16,19-20,24H2,1-8H3. The van der Waals surface area contributed by atoms with Crippen molar-refractivity contribution in [2.75, 3.05) is 60.9 Å². The summed E-state index contributed by atoms with van der Waals surface area (Å²) in [5.41, 5.74) is 1.32. The van der Waals surface area contributed by atoms with Crippen molar-refractivity contribution in [2.45, 2.75) is 81.2 Å². The molecule has 3 aromatic rings. The van der Waals surface area contributed by atoms with E-state index in [-0.39, 0.29) is 45.0 Å². The van der Waals surface area contributed by atoms with Gasteiger partial charge in [0.15, 0.2) is 0 Å². The number of aryl methyl sites for hydroxylation is 1. The number of rotatable bonds is 16. The number of nitrogens with zero attached hydrogens (tertiary/aromatic N) is 7. The third kappa shape index (κ3) is 10.0. The van der Waals surface area contributed by atoms with Crippen molar-refractivity contribution in [3.05, 3.63) is 45.2 Å². The smallest absolute Gasteiger partial charge is 0.244 e. The zero-order valence-corrected chi connectivity index (χ0v) is 35.0. The summed E-state index contributed by atoms with van der Waals surface area (Å²) < 4.78 is 61.6. The lowest BCUT2D eigenvalue weighted by molar-refractivity contribution is 0.271.